The molecular formula is C26H26N6O6S. The van der Waals surface area contributed by atoms with E-state index >= 15 is 0 Å². The number of H-pyrrole nitrogens is 1. The largest absolute Gasteiger partial charge is 0.497 e. The van der Waals surface area contributed by atoms with Crippen LogP contribution in [0.4, 0.5) is 11.4 Å². The fraction of sp³-hybridized carbons (Fsp3) is 0.192. The molecule has 0 saturated heterocycles. The smallest absolute Gasteiger partial charge is 0.325 e. The monoisotopic (exact) mass is 550 g/mol. The average molecular weight is 551 g/mol. The number of esters is 1. The van der Waals surface area contributed by atoms with Crippen LogP contribution in [0.5, 0.6) is 5.75 Å². The van der Waals surface area contributed by atoms with Crippen LogP contribution in [0.15, 0.2) is 54.7 Å². The van der Waals surface area contributed by atoms with E-state index in [1.165, 1.54) is 12.0 Å². The molecule has 4 aromatic rings. The van der Waals surface area contributed by atoms with Gasteiger partial charge in [-0.2, -0.15) is 4.37 Å². The van der Waals surface area contributed by atoms with Gasteiger partial charge < -0.3 is 31.2 Å². The van der Waals surface area contributed by atoms with Crippen molar-refractivity contribution in [1.82, 2.24) is 14.7 Å². The minimum absolute atomic E-state index is 0.0809. The fourth-order valence-electron chi connectivity index (χ4n) is 4.05. The minimum atomic E-state index is -1.28. The molecule has 0 aliphatic rings. The van der Waals surface area contributed by atoms with Gasteiger partial charge in [-0.05, 0) is 48.8 Å². The van der Waals surface area contributed by atoms with Gasteiger partial charge in [-0.25, -0.2) is 0 Å². The van der Waals surface area contributed by atoms with Gasteiger partial charge in [0.25, 0.3) is 11.8 Å². The van der Waals surface area contributed by atoms with Gasteiger partial charge in [0.15, 0.2) is 5.69 Å². The normalized spacial score (nSPS) is 11.5. The summed E-state index contributed by atoms with van der Waals surface area (Å²) in [6, 6.07) is 12.4. The highest BCUT2D eigenvalue weighted by atomic mass is 32.1. The maximum Gasteiger partial charge on any atom is 0.325 e. The fourth-order valence-corrected chi connectivity index (χ4v) is 4.79. The molecule has 0 aliphatic heterocycles. The first kappa shape index (κ1) is 27.1. The number of benzene rings is 2. The number of hydrogen-bond acceptors (Lipinski definition) is 9. The molecule has 3 amide bonds. The molecule has 1 atom stereocenters. The van der Waals surface area contributed by atoms with Crippen molar-refractivity contribution in [3.63, 3.8) is 0 Å². The molecule has 0 fully saturated rings. The molecule has 0 bridgehead atoms. The Kier molecular flexibility index (Phi) is 8.10. The van der Waals surface area contributed by atoms with E-state index in [-0.39, 0.29) is 22.9 Å². The quantitative estimate of drug-likeness (QED) is 0.217. The highest BCUT2D eigenvalue weighted by molar-refractivity contribution is 7.09. The number of methoxy groups -OCH3 is 1. The second-order valence-corrected chi connectivity index (χ2v) is 9.00. The molecule has 2 heterocycles. The number of ether oxygens (including phenoxy) is 2. The molecule has 0 radical (unpaired) electrons. The lowest BCUT2D eigenvalue weighted by Crippen LogP contribution is -2.45. The maximum absolute atomic E-state index is 14.1. The summed E-state index contributed by atoms with van der Waals surface area (Å²) >= 11 is 0.693. The van der Waals surface area contributed by atoms with Gasteiger partial charge in [0, 0.05) is 28.4 Å². The number of rotatable bonds is 10. The van der Waals surface area contributed by atoms with Gasteiger partial charge in [0.1, 0.15) is 23.2 Å². The number of primary amides is 1. The number of carbonyl (C=O) groups excluding carboxylic acids is 4. The van der Waals surface area contributed by atoms with Crippen LogP contribution in [-0.4, -0.2) is 53.3 Å². The third kappa shape index (κ3) is 5.52. The predicted octanol–water partition coefficient (Wildman–Crippen LogP) is 2.38. The summed E-state index contributed by atoms with van der Waals surface area (Å²) < 4.78 is 14.1. The summed E-state index contributed by atoms with van der Waals surface area (Å²) in [5, 5.41) is 3.25. The molecule has 0 spiro atoms. The van der Waals surface area contributed by atoms with E-state index in [0.717, 1.165) is 5.52 Å². The number of nitrogens with zero attached hydrogens (tertiary/aromatic N) is 2. The Morgan fingerprint density at radius 2 is 1.85 bits per heavy atom. The van der Waals surface area contributed by atoms with Crippen LogP contribution in [0, 0.1) is 0 Å². The zero-order valence-corrected chi connectivity index (χ0v) is 21.9. The Balaban J connectivity index is 1.89. The zero-order chi connectivity index (χ0) is 28.1. The SMILES string of the molecule is CCOC(=O)CNC(=O)[C@@H](c1c[nH]c2ccccc12)N(C(=O)c1snc(C(N)=O)c1N)c1ccc(OC)cc1. The predicted molar refractivity (Wildman–Crippen MR) is 146 cm³/mol. The molecule has 39 heavy (non-hydrogen) atoms. The van der Waals surface area contributed by atoms with Crippen molar-refractivity contribution in [1.29, 1.82) is 0 Å². The number of carbonyl (C=O) groups is 4. The molecule has 0 unspecified atom stereocenters. The zero-order valence-electron chi connectivity index (χ0n) is 21.1. The number of nitrogens with two attached hydrogens (primary N) is 2. The molecule has 6 N–H and O–H groups in total. The Labute approximate surface area is 227 Å². The van der Waals surface area contributed by atoms with E-state index in [2.05, 4.69) is 14.7 Å². The molecule has 0 saturated carbocycles. The number of aromatic amines is 1. The van der Waals surface area contributed by atoms with Crippen molar-refractivity contribution in [2.75, 3.05) is 30.9 Å². The molecule has 2 aromatic carbocycles. The molecule has 12 nitrogen and oxygen atoms in total. The second-order valence-electron chi connectivity index (χ2n) is 8.23. The lowest BCUT2D eigenvalue weighted by molar-refractivity contribution is -0.143. The number of para-hydroxylation sites is 1. The lowest BCUT2D eigenvalue weighted by Gasteiger charge is -2.31. The van der Waals surface area contributed by atoms with Crippen molar-refractivity contribution < 1.29 is 28.7 Å². The van der Waals surface area contributed by atoms with Crippen LogP contribution < -0.4 is 26.4 Å². The van der Waals surface area contributed by atoms with Crippen molar-refractivity contribution in [3.8, 4) is 5.75 Å². The number of anilines is 2. The van der Waals surface area contributed by atoms with E-state index in [0.29, 0.717) is 33.9 Å². The number of aromatic nitrogens is 2. The topological polar surface area (TPSA) is 183 Å². The summed E-state index contributed by atoms with van der Waals surface area (Å²) in [7, 11) is 1.50. The van der Waals surface area contributed by atoms with Crippen LogP contribution in [0.3, 0.4) is 0 Å². The van der Waals surface area contributed by atoms with Crippen molar-refractivity contribution in [2.45, 2.75) is 13.0 Å². The van der Waals surface area contributed by atoms with Crippen molar-refractivity contribution in [2.24, 2.45) is 5.73 Å². The summed E-state index contributed by atoms with van der Waals surface area (Å²) in [5.74, 6) is -2.36. The Morgan fingerprint density at radius 3 is 2.49 bits per heavy atom. The number of nitrogen functional groups attached to an aromatic ring is 1. The minimum Gasteiger partial charge on any atom is -0.497 e. The number of hydrogen-bond donors (Lipinski definition) is 4. The lowest BCUT2D eigenvalue weighted by atomic mass is 10.0. The summed E-state index contributed by atoms with van der Waals surface area (Å²) in [4.78, 5) is 56.0. The van der Waals surface area contributed by atoms with Gasteiger partial charge in [0.05, 0.1) is 19.4 Å². The van der Waals surface area contributed by atoms with Gasteiger partial charge in [-0.3, -0.25) is 24.1 Å². The van der Waals surface area contributed by atoms with E-state index in [9.17, 15) is 19.2 Å². The van der Waals surface area contributed by atoms with Gasteiger partial charge >= 0.3 is 5.97 Å². The second kappa shape index (κ2) is 11.6. The van der Waals surface area contributed by atoms with Gasteiger partial charge in [0.2, 0.25) is 5.91 Å². The molecule has 2 aromatic heterocycles. The summed E-state index contributed by atoms with van der Waals surface area (Å²) in [5.41, 5.74) is 12.5. The molecule has 4 rings (SSSR count). The van der Waals surface area contributed by atoms with E-state index in [1.54, 1.807) is 49.5 Å². The Bertz CT molecular complexity index is 1530. The standard InChI is InChI=1S/C26H26N6O6S/c1-3-38-19(33)13-30-25(35)22(17-12-29-18-7-5-4-6-16(17)18)32(14-8-10-15(37-2)11-9-14)26(36)23-20(27)21(24(28)34)31-39-23/h4-12,22,29H,3,13,27H2,1-2H3,(H2,28,34)(H,30,35)/t22-/m1/s1. The van der Waals surface area contributed by atoms with Gasteiger partial charge in [-0.1, -0.05) is 18.2 Å². The number of fused-ring (bicyclic) bond motifs is 1. The molecule has 13 heteroatoms. The third-order valence-electron chi connectivity index (χ3n) is 5.86. The third-order valence-corrected chi connectivity index (χ3v) is 6.71. The van der Waals surface area contributed by atoms with Crippen molar-refractivity contribution in [3.05, 3.63) is 70.9 Å². The van der Waals surface area contributed by atoms with Crippen LogP contribution in [-0.2, 0) is 14.3 Å². The van der Waals surface area contributed by atoms with Crippen LogP contribution >= 0.6 is 11.5 Å². The highest BCUT2D eigenvalue weighted by Gasteiger charge is 2.37. The summed E-state index contributed by atoms with van der Waals surface area (Å²) in [6.45, 7) is 1.38. The van der Waals surface area contributed by atoms with Crippen LogP contribution in [0.1, 0.15) is 38.7 Å². The molecule has 0 aliphatic carbocycles. The van der Waals surface area contributed by atoms with Gasteiger partial charge in [-0.15, -0.1) is 0 Å². The maximum atomic E-state index is 14.1. The first-order valence-electron chi connectivity index (χ1n) is 11.8. The average Bonchev–Trinajstić information content (AvgIpc) is 3.54. The Hall–Kier alpha value is -4.91. The summed E-state index contributed by atoms with van der Waals surface area (Å²) in [6.07, 6.45) is 1.62. The number of amides is 3. The van der Waals surface area contributed by atoms with E-state index in [4.69, 9.17) is 20.9 Å². The first-order chi connectivity index (χ1) is 18.8. The highest BCUT2D eigenvalue weighted by Crippen LogP contribution is 2.36. The molecular weight excluding hydrogens is 524 g/mol. The Morgan fingerprint density at radius 1 is 1.13 bits per heavy atom. The van der Waals surface area contributed by atoms with E-state index < -0.39 is 36.3 Å². The van der Waals surface area contributed by atoms with Crippen LogP contribution in [0.2, 0.25) is 0 Å². The van der Waals surface area contributed by atoms with Crippen LogP contribution in [0.25, 0.3) is 10.9 Å². The first-order valence-corrected chi connectivity index (χ1v) is 12.6. The number of nitrogens with one attached hydrogen (secondary N) is 2. The van der Waals surface area contributed by atoms with E-state index in [1.807, 2.05) is 12.1 Å². The molecule has 202 valence electrons. The van der Waals surface area contributed by atoms with Crippen molar-refractivity contribution >= 4 is 57.5 Å².